The van der Waals surface area contributed by atoms with Crippen LogP contribution in [0.5, 0.6) is 0 Å². The Morgan fingerprint density at radius 1 is 1.80 bits per heavy atom. The molecular weight excluding hydrogens is 198 g/mol. The van der Waals surface area contributed by atoms with Crippen molar-refractivity contribution >= 4 is 15.9 Å². The summed E-state index contributed by atoms with van der Waals surface area (Å²) in [5, 5.41) is 10.2. The maximum atomic E-state index is 10.2. The van der Waals surface area contributed by atoms with E-state index in [1.807, 2.05) is 0 Å². The van der Waals surface area contributed by atoms with E-state index >= 15 is 0 Å². The molecule has 56 valence electrons. The predicted octanol–water partition coefficient (Wildman–Crippen LogP) is 2.09. The molecule has 3 nitrogen and oxygen atoms in total. The van der Waals surface area contributed by atoms with Gasteiger partial charge in [-0.3, -0.25) is 10.1 Å². The molecule has 0 amide bonds. The molecule has 0 bridgehead atoms. The SMILES string of the molecule is O=[N+]([O-])C1=CC(Br)CCC1. The van der Waals surface area contributed by atoms with Gasteiger partial charge in [-0.2, -0.15) is 0 Å². The van der Waals surface area contributed by atoms with Crippen LogP contribution in [0.25, 0.3) is 0 Å². The second-order valence-corrected chi connectivity index (χ2v) is 3.50. The molecule has 0 fully saturated rings. The van der Waals surface area contributed by atoms with Crippen molar-refractivity contribution in [3.05, 3.63) is 21.9 Å². The van der Waals surface area contributed by atoms with Crippen molar-refractivity contribution in [1.29, 1.82) is 0 Å². The van der Waals surface area contributed by atoms with E-state index in [0.29, 0.717) is 12.1 Å². The third-order valence-corrected chi connectivity index (χ3v) is 2.24. The van der Waals surface area contributed by atoms with Gasteiger partial charge in [0.2, 0.25) is 5.70 Å². The van der Waals surface area contributed by atoms with Crippen LogP contribution < -0.4 is 0 Å². The molecule has 0 aromatic carbocycles. The Hall–Kier alpha value is -0.380. The van der Waals surface area contributed by atoms with Gasteiger partial charge in [0.1, 0.15) is 0 Å². The van der Waals surface area contributed by atoms with Crippen LogP contribution in [0.3, 0.4) is 0 Å². The second kappa shape index (κ2) is 3.14. The molecule has 4 heteroatoms. The molecule has 1 aliphatic rings. The Kier molecular flexibility index (Phi) is 2.43. The lowest BCUT2D eigenvalue weighted by Gasteiger charge is -2.09. The number of alkyl halides is 1. The van der Waals surface area contributed by atoms with E-state index in [1.54, 1.807) is 6.08 Å². The highest BCUT2D eigenvalue weighted by molar-refractivity contribution is 9.09. The number of allylic oxidation sites excluding steroid dienone is 2. The van der Waals surface area contributed by atoms with Gasteiger partial charge < -0.3 is 0 Å². The minimum atomic E-state index is -0.298. The first-order valence-corrected chi connectivity index (χ1v) is 4.11. The highest BCUT2D eigenvalue weighted by atomic mass is 79.9. The number of halogens is 1. The fourth-order valence-corrected chi connectivity index (χ4v) is 1.63. The molecule has 0 saturated carbocycles. The van der Waals surface area contributed by atoms with E-state index in [-0.39, 0.29) is 9.75 Å². The first-order valence-electron chi connectivity index (χ1n) is 3.19. The van der Waals surface area contributed by atoms with Crippen LogP contribution in [0.15, 0.2) is 11.8 Å². The molecule has 0 N–H and O–H groups in total. The van der Waals surface area contributed by atoms with Crippen LogP contribution >= 0.6 is 15.9 Å². The van der Waals surface area contributed by atoms with Crippen molar-refractivity contribution in [1.82, 2.24) is 0 Å². The van der Waals surface area contributed by atoms with Crippen LogP contribution in [-0.2, 0) is 0 Å². The van der Waals surface area contributed by atoms with Crippen LogP contribution in [0, 0.1) is 10.1 Å². The lowest BCUT2D eigenvalue weighted by Crippen LogP contribution is -2.08. The van der Waals surface area contributed by atoms with Crippen molar-refractivity contribution in [3.63, 3.8) is 0 Å². The first kappa shape index (κ1) is 7.72. The normalized spacial score (nSPS) is 25.7. The number of nitro groups is 1. The van der Waals surface area contributed by atoms with Gasteiger partial charge in [-0.05, 0) is 12.8 Å². The molecule has 1 unspecified atom stereocenters. The molecule has 0 heterocycles. The van der Waals surface area contributed by atoms with E-state index < -0.39 is 0 Å². The molecule has 1 rings (SSSR count). The molecule has 0 aliphatic heterocycles. The van der Waals surface area contributed by atoms with Crippen LogP contribution in [0.2, 0.25) is 0 Å². The molecule has 0 aromatic rings. The minimum absolute atomic E-state index is 0.210. The lowest BCUT2D eigenvalue weighted by atomic mass is 10.1. The van der Waals surface area contributed by atoms with Crippen molar-refractivity contribution in [3.8, 4) is 0 Å². The van der Waals surface area contributed by atoms with Gasteiger partial charge in [-0.25, -0.2) is 0 Å². The van der Waals surface area contributed by atoms with Crippen LogP contribution in [-0.4, -0.2) is 9.75 Å². The molecule has 1 aliphatic carbocycles. The average molecular weight is 206 g/mol. The molecule has 0 radical (unpaired) electrons. The van der Waals surface area contributed by atoms with Gasteiger partial charge >= 0.3 is 0 Å². The molecule has 10 heavy (non-hydrogen) atoms. The summed E-state index contributed by atoms with van der Waals surface area (Å²) < 4.78 is 0. The Morgan fingerprint density at radius 3 is 2.90 bits per heavy atom. The van der Waals surface area contributed by atoms with Gasteiger partial charge in [-0.15, -0.1) is 0 Å². The number of rotatable bonds is 1. The highest BCUT2D eigenvalue weighted by Gasteiger charge is 2.18. The fraction of sp³-hybridized carbons (Fsp3) is 0.667. The molecule has 0 aromatic heterocycles. The monoisotopic (exact) mass is 205 g/mol. The number of hydrogen-bond acceptors (Lipinski definition) is 2. The first-order chi connectivity index (χ1) is 4.70. The quantitative estimate of drug-likeness (QED) is 0.374. The van der Waals surface area contributed by atoms with E-state index in [9.17, 15) is 10.1 Å². The van der Waals surface area contributed by atoms with Crippen LogP contribution in [0.4, 0.5) is 0 Å². The Bertz CT molecular complexity index is 179. The van der Waals surface area contributed by atoms with E-state index in [1.165, 1.54) is 0 Å². The third-order valence-electron chi connectivity index (χ3n) is 1.52. The van der Waals surface area contributed by atoms with E-state index in [4.69, 9.17) is 0 Å². The number of nitrogens with zero attached hydrogens (tertiary/aromatic N) is 1. The summed E-state index contributed by atoms with van der Waals surface area (Å²) >= 11 is 3.32. The lowest BCUT2D eigenvalue weighted by molar-refractivity contribution is -0.428. The zero-order chi connectivity index (χ0) is 7.56. The Balaban J connectivity index is 2.66. The third kappa shape index (κ3) is 1.80. The summed E-state index contributed by atoms with van der Waals surface area (Å²) in [6.45, 7) is 0. The summed E-state index contributed by atoms with van der Waals surface area (Å²) in [5.74, 6) is 0. The second-order valence-electron chi connectivity index (χ2n) is 2.32. The molecular formula is C6H8BrNO2. The highest BCUT2D eigenvalue weighted by Crippen LogP contribution is 2.22. The molecule has 0 saturated heterocycles. The van der Waals surface area contributed by atoms with Crippen molar-refractivity contribution in [2.45, 2.75) is 24.1 Å². The topological polar surface area (TPSA) is 43.1 Å². The van der Waals surface area contributed by atoms with Gasteiger partial charge in [0.15, 0.2) is 0 Å². The van der Waals surface area contributed by atoms with Gasteiger partial charge in [0, 0.05) is 17.3 Å². The van der Waals surface area contributed by atoms with Gasteiger partial charge in [-0.1, -0.05) is 15.9 Å². The maximum Gasteiger partial charge on any atom is 0.243 e. The van der Waals surface area contributed by atoms with Gasteiger partial charge in [0.25, 0.3) is 0 Å². The summed E-state index contributed by atoms with van der Waals surface area (Å²) in [5.41, 5.74) is 0.355. The molecule has 0 spiro atoms. The van der Waals surface area contributed by atoms with Crippen molar-refractivity contribution in [2.24, 2.45) is 0 Å². The van der Waals surface area contributed by atoms with E-state index in [0.717, 1.165) is 12.8 Å². The summed E-state index contributed by atoms with van der Waals surface area (Å²) in [4.78, 5) is 10.1. The van der Waals surface area contributed by atoms with E-state index in [2.05, 4.69) is 15.9 Å². The Morgan fingerprint density at radius 2 is 2.50 bits per heavy atom. The fourth-order valence-electron chi connectivity index (χ4n) is 1.01. The summed E-state index contributed by atoms with van der Waals surface area (Å²) in [6, 6.07) is 0. The standard InChI is InChI=1S/C6H8BrNO2/c7-5-2-1-3-6(4-5)8(9)10/h4-5H,1-3H2. The summed E-state index contributed by atoms with van der Waals surface area (Å²) in [6.07, 6.45) is 4.23. The van der Waals surface area contributed by atoms with Crippen molar-refractivity contribution in [2.75, 3.05) is 0 Å². The van der Waals surface area contributed by atoms with Crippen molar-refractivity contribution < 1.29 is 4.92 Å². The molecule has 1 atom stereocenters. The number of hydrogen-bond donors (Lipinski definition) is 0. The largest absolute Gasteiger partial charge is 0.259 e. The minimum Gasteiger partial charge on any atom is -0.259 e. The Labute approximate surface area is 67.4 Å². The van der Waals surface area contributed by atoms with Gasteiger partial charge in [0.05, 0.1) is 4.92 Å². The average Bonchev–Trinajstić information content (AvgIpc) is 1.88. The smallest absolute Gasteiger partial charge is 0.243 e. The summed E-state index contributed by atoms with van der Waals surface area (Å²) in [7, 11) is 0. The predicted molar refractivity (Wildman–Crippen MR) is 41.6 cm³/mol. The zero-order valence-electron chi connectivity index (χ0n) is 5.42. The zero-order valence-corrected chi connectivity index (χ0v) is 7.00. The van der Waals surface area contributed by atoms with Crippen LogP contribution in [0.1, 0.15) is 19.3 Å². The maximum absolute atomic E-state index is 10.2.